The largest absolute Gasteiger partial charge is 0.349 e. The first kappa shape index (κ1) is 8.65. The van der Waals surface area contributed by atoms with Crippen molar-refractivity contribution in [3.63, 3.8) is 0 Å². The van der Waals surface area contributed by atoms with Gasteiger partial charge < -0.3 is 5.32 Å². The number of thioether (sulfide) groups is 1. The molecule has 0 aromatic carbocycles. The van der Waals surface area contributed by atoms with Crippen molar-refractivity contribution in [2.75, 3.05) is 5.75 Å². The average molecular weight is 171 g/mol. The van der Waals surface area contributed by atoms with Crippen LogP contribution in [0.25, 0.3) is 0 Å². The van der Waals surface area contributed by atoms with E-state index in [4.69, 9.17) is 0 Å². The summed E-state index contributed by atoms with van der Waals surface area (Å²) in [6, 6.07) is 0.362. The van der Waals surface area contributed by atoms with Gasteiger partial charge in [-0.2, -0.15) is 11.8 Å². The van der Waals surface area contributed by atoms with Gasteiger partial charge in [0.15, 0.2) is 0 Å². The van der Waals surface area contributed by atoms with E-state index in [2.05, 4.69) is 18.8 Å². The van der Waals surface area contributed by atoms with Gasteiger partial charge in [0.1, 0.15) is 0 Å². The highest BCUT2D eigenvalue weighted by atomic mass is 32.2. The molecule has 0 bridgehead atoms. The fourth-order valence-corrected chi connectivity index (χ4v) is 2.33. The van der Waals surface area contributed by atoms with Crippen molar-refractivity contribution >= 4 is 17.7 Å². The van der Waals surface area contributed by atoms with Crippen molar-refractivity contribution in [3.8, 4) is 0 Å². The van der Waals surface area contributed by atoms with Crippen LogP contribution in [0.2, 0.25) is 0 Å². The van der Waals surface area contributed by atoms with E-state index in [1.54, 1.807) is 0 Å². The molecule has 1 N–H and O–H groups in total. The second-order valence-corrected chi connectivity index (χ2v) is 4.26. The van der Waals surface area contributed by atoms with Gasteiger partial charge in [0.2, 0.25) is 5.91 Å². The molecule has 0 aromatic heterocycles. The van der Waals surface area contributed by atoms with Gasteiger partial charge in [-0.1, -0.05) is 13.5 Å². The topological polar surface area (TPSA) is 29.1 Å². The summed E-state index contributed by atoms with van der Waals surface area (Å²) in [5, 5.41) is 3.57. The Morgan fingerprint density at radius 1 is 1.82 bits per heavy atom. The van der Waals surface area contributed by atoms with Gasteiger partial charge in [-0.05, 0) is 12.5 Å². The van der Waals surface area contributed by atoms with E-state index >= 15 is 0 Å². The Morgan fingerprint density at radius 3 is 3.00 bits per heavy atom. The number of rotatable bonds is 2. The van der Waals surface area contributed by atoms with Crippen LogP contribution in [0.15, 0.2) is 12.7 Å². The minimum Gasteiger partial charge on any atom is -0.349 e. The maximum Gasteiger partial charge on any atom is 0.243 e. The van der Waals surface area contributed by atoms with Gasteiger partial charge in [0.25, 0.3) is 0 Å². The van der Waals surface area contributed by atoms with E-state index in [1.807, 2.05) is 11.8 Å². The summed E-state index contributed by atoms with van der Waals surface area (Å²) in [7, 11) is 0. The zero-order chi connectivity index (χ0) is 8.27. The molecule has 1 aliphatic rings. The number of hydrogen-bond acceptors (Lipinski definition) is 2. The zero-order valence-corrected chi connectivity index (χ0v) is 7.49. The van der Waals surface area contributed by atoms with Crippen molar-refractivity contribution in [1.82, 2.24) is 5.32 Å². The van der Waals surface area contributed by atoms with Gasteiger partial charge in [0.05, 0.1) is 0 Å². The number of carbonyl (C=O) groups is 1. The third-order valence-corrected chi connectivity index (χ3v) is 3.09. The summed E-state index contributed by atoms with van der Waals surface area (Å²) in [6.45, 7) is 5.59. The molecule has 0 radical (unpaired) electrons. The number of carbonyl (C=O) groups excluding carboxylic acids is 1. The first-order valence-electron chi connectivity index (χ1n) is 3.77. The normalized spacial score (nSPS) is 29.9. The molecule has 1 heterocycles. The van der Waals surface area contributed by atoms with Crippen LogP contribution < -0.4 is 5.32 Å². The highest BCUT2D eigenvalue weighted by Gasteiger charge is 2.22. The first-order chi connectivity index (χ1) is 5.22. The standard InChI is InChI=1S/C8H13NOS/c1-3-8(10)9-7-4-6(2)11-5-7/h3,6-7H,1,4-5H2,2H3,(H,9,10). The summed E-state index contributed by atoms with van der Waals surface area (Å²) in [6.07, 6.45) is 2.41. The molecule has 0 aliphatic carbocycles. The maximum absolute atomic E-state index is 10.8. The van der Waals surface area contributed by atoms with Crippen LogP contribution in [0.4, 0.5) is 0 Å². The molecule has 11 heavy (non-hydrogen) atoms. The molecule has 0 saturated carbocycles. The monoisotopic (exact) mass is 171 g/mol. The fraction of sp³-hybridized carbons (Fsp3) is 0.625. The lowest BCUT2D eigenvalue weighted by Crippen LogP contribution is -2.33. The predicted octanol–water partition coefficient (Wildman–Crippen LogP) is 1.18. The van der Waals surface area contributed by atoms with Crippen molar-refractivity contribution in [2.24, 2.45) is 0 Å². The molecule has 2 atom stereocenters. The summed E-state index contributed by atoms with van der Waals surface area (Å²) in [5.74, 6) is 0.991. The van der Waals surface area contributed by atoms with Gasteiger partial charge >= 0.3 is 0 Å². The van der Waals surface area contributed by atoms with Crippen LogP contribution in [-0.4, -0.2) is 23.0 Å². The molecule has 1 rings (SSSR count). The van der Waals surface area contributed by atoms with Crippen molar-refractivity contribution in [1.29, 1.82) is 0 Å². The minimum absolute atomic E-state index is 0.0512. The molecule has 0 aromatic rings. The Hall–Kier alpha value is -0.440. The number of hydrogen-bond donors (Lipinski definition) is 1. The van der Waals surface area contributed by atoms with Crippen LogP contribution in [0.3, 0.4) is 0 Å². The molecule has 1 amide bonds. The summed E-state index contributed by atoms with van der Waals surface area (Å²) in [4.78, 5) is 10.8. The first-order valence-corrected chi connectivity index (χ1v) is 4.81. The van der Waals surface area contributed by atoms with E-state index in [0.717, 1.165) is 12.2 Å². The highest BCUT2D eigenvalue weighted by molar-refractivity contribution is 8.00. The predicted molar refractivity (Wildman–Crippen MR) is 48.7 cm³/mol. The molecule has 0 spiro atoms. The van der Waals surface area contributed by atoms with Gasteiger partial charge in [-0.3, -0.25) is 4.79 Å². The lowest BCUT2D eigenvalue weighted by Gasteiger charge is -2.08. The minimum atomic E-state index is -0.0512. The summed E-state index contributed by atoms with van der Waals surface area (Å²) in [5.41, 5.74) is 0. The van der Waals surface area contributed by atoms with Crippen molar-refractivity contribution < 1.29 is 4.79 Å². The van der Waals surface area contributed by atoms with E-state index in [1.165, 1.54) is 6.08 Å². The van der Waals surface area contributed by atoms with Crippen LogP contribution in [0, 0.1) is 0 Å². The zero-order valence-electron chi connectivity index (χ0n) is 6.67. The van der Waals surface area contributed by atoms with Gasteiger partial charge in [-0.25, -0.2) is 0 Å². The molecule has 1 aliphatic heterocycles. The molecular weight excluding hydrogens is 158 g/mol. The third kappa shape index (κ3) is 2.58. The van der Waals surface area contributed by atoms with Gasteiger partial charge in [0, 0.05) is 17.0 Å². The highest BCUT2D eigenvalue weighted by Crippen LogP contribution is 2.25. The maximum atomic E-state index is 10.8. The van der Waals surface area contributed by atoms with Crippen LogP contribution in [-0.2, 0) is 4.79 Å². The van der Waals surface area contributed by atoms with E-state index in [0.29, 0.717) is 11.3 Å². The second kappa shape index (κ2) is 3.81. The lowest BCUT2D eigenvalue weighted by molar-refractivity contribution is -0.117. The summed E-state index contributed by atoms with van der Waals surface area (Å²) < 4.78 is 0. The number of nitrogens with one attached hydrogen (secondary N) is 1. The molecule has 3 heteroatoms. The Morgan fingerprint density at radius 2 is 2.55 bits per heavy atom. The second-order valence-electron chi connectivity index (χ2n) is 2.79. The van der Waals surface area contributed by atoms with Crippen LogP contribution >= 0.6 is 11.8 Å². The van der Waals surface area contributed by atoms with E-state index < -0.39 is 0 Å². The Labute approximate surface area is 71.4 Å². The molecule has 1 saturated heterocycles. The van der Waals surface area contributed by atoms with Crippen LogP contribution in [0.1, 0.15) is 13.3 Å². The molecular formula is C8H13NOS. The van der Waals surface area contributed by atoms with Gasteiger partial charge in [-0.15, -0.1) is 0 Å². The smallest absolute Gasteiger partial charge is 0.243 e. The molecule has 62 valence electrons. The Bertz CT molecular complexity index is 169. The van der Waals surface area contributed by atoms with Crippen molar-refractivity contribution in [3.05, 3.63) is 12.7 Å². The number of amides is 1. The van der Waals surface area contributed by atoms with E-state index in [9.17, 15) is 4.79 Å². The Balaban J connectivity index is 2.28. The Kier molecular flexibility index (Phi) is 3.00. The quantitative estimate of drug-likeness (QED) is 0.632. The third-order valence-electron chi connectivity index (χ3n) is 1.73. The van der Waals surface area contributed by atoms with Crippen molar-refractivity contribution in [2.45, 2.75) is 24.6 Å². The average Bonchev–Trinajstić information content (AvgIpc) is 2.35. The molecule has 1 fully saturated rings. The van der Waals surface area contributed by atoms with Crippen LogP contribution in [0.5, 0.6) is 0 Å². The fourth-order valence-electron chi connectivity index (χ4n) is 1.18. The SMILES string of the molecule is C=CC(=O)NC1CSC(C)C1. The molecule has 2 nitrogen and oxygen atoms in total. The molecule has 2 unspecified atom stereocenters. The summed E-state index contributed by atoms with van der Waals surface area (Å²) >= 11 is 1.91. The van der Waals surface area contributed by atoms with E-state index in [-0.39, 0.29) is 5.91 Å². The lowest BCUT2D eigenvalue weighted by atomic mass is 10.2.